The summed E-state index contributed by atoms with van der Waals surface area (Å²) in [5.41, 5.74) is 1.21. The number of aryl methyl sites for hydroxylation is 1. The lowest BCUT2D eigenvalue weighted by atomic mass is 10.0. The van der Waals surface area contributed by atoms with Crippen LogP contribution in [0.25, 0.3) is 0 Å². The molecule has 7 nitrogen and oxygen atoms in total. The summed E-state index contributed by atoms with van der Waals surface area (Å²) in [7, 11) is 1.92. The maximum atomic E-state index is 12.4. The highest BCUT2D eigenvalue weighted by Gasteiger charge is 2.28. The largest absolute Gasteiger partial charge is 0.333 e. The van der Waals surface area contributed by atoms with Crippen LogP contribution in [0.1, 0.15) is 37.6 Å². The highest BCUT2D eigenvalue weighted by atomic mass is 16.2. The Kier molecular flexibility index (Phi) is 4.87. The topological polar surface area (TPSA) is 68.0 Å². The third kappa shape index (κ3) is 3.77. The van der Waals surface area contributed by atoms with E-state index in [0.29, 0.717) is 18.4 Å². The Morgan fingerprint density at radius 1 is 1.46 bits per heavy atom. The van der Waals surface area contributed by atoms with Crippen molar-refractivity contribution in [3.63, 3.8) is 0 Å². The Balaban J connectivity index is 1.52. The highest BCUT2D eigenvalue weighted by molar-refractivity contribution is 5.74. The summed E-state index contributed by atoms with van der Waals surface area (Å²) in [6.07, 6.45) is 8.68. The number of imidazole rings is 1. The first-order chi connectivity index (χ1) is 11.5. The van der Waals surface area contributed by atoms with Crippen LogP contribution in [-0.2, 0) is 20.1 Å². The van der Waals surface area contributed by atoms with E-state index in [1.165, 1.54) is 5.56 Å². The maximum Gasteiger partial charge on any atom is 0.317 e. The molecule has 1 saturated heterocycles. The average molecular weight is 330 g/mol. The second-order valence-electron chi connectivity index (χ2n) is 6.93. The van der Waals surface area contributed by atoms with Crippen LogP contribution in [0.2, 0.25) is 0 Å². The highest BCUT2D eigenvalue weighted by Crippen LogP contribution is 2.26. The molecule has 1 aliphatic heterocycles. The number of carbonyl (C=O) groups excluding carboxylic acids is 1. The molecule has 1 fully saturated rings. The molecule has 0 saturated carbocycles. The summed E-state index contributed by atoms with van der Waals surface area (Å²) in [5, 5.41) is 7.22. The van der Waals surface area contributed by atoms with Crippen LogP contribution < -0.4 is 5.32 Å². The van der Waals surface area contributed by atoms with Gasteiger partial charge in [0.1, 0.15) is 5.82 Å². The van der Waals surface area contributed by atoms with Crippen molar-refractivity contribution in [3.8, 4) is 0 Å². The van der Waals surface area contributed by atoms with E-state index in [1.54, 1.807) is 6.20 Å². The Labute approximate surface area is 142 Å². The predicted octanol–water partition coefficient (Wildman–Crippen LogP) is 1.97. The summed E-state index contributed by atoms with van der Waals surface area (Å²) in [6, 6.07) is -0.0134. The van der Waals surface area contributed by atoms with Crippen molar-refractivity contribution in [1.82, 2.24) is 29.5 Å². The number of amides is 2. The minimum atomic E-state index is -0.0134. The van der Waals surface area contributed by atoms with Crippen LogP contribution in [-0.4, -0.2) is 43.4 Å². The molecule has 0 aromatic carbocycles. The van der Waals surface area contributed by atoms with Crippen molar-refractivity contribution in [2.45, 2.75) is 39.3 Å². The lowest BCUT2D eigenvalue weighted by molar-refractivity contribution is 0.207. The normalized spacial score (nSPS) is 17.7. The SMILES string of the molecule is CC(C)Cn1ccnc1CNC(=O)N1CCC(c2cnn(C)c2)C1. The Morgan fingerprint density at radius 2 is 2.29 bits per heavy atom. The Morgan fingerprint density at radius 3 is 3.00 bits per heavy atom. The number of hydrogen-bond acceptors (Lipinski definition) is 3. The fourth-order valence-electron chi connectivity index (χ4n) is 3.20. The standard InChI is InChI=1S/C17H26N6O/c1-13(2)10-22-7-5-18-16(22)9-19-17(24)23-6-4-14(12-23)15-8-20-21(3)11-15/h5,7-8,11,13-14H,4,6,9-10,12H2,1-3H3,(H,19,24). The van der Waals surface area contributed by atoms with Gasteiger partial charge in [-0.2, -0.15) is 5.10 Å². The molecular formula is C17H26N6O. The first-order valence-electron chi connectivity index (χ1n) is 8.54. The molecule has 2 aromatic rings. The van der Waals surface area contributed by atoms with E-state index < -0.39 is 0 Å². The summed E-state index contributed by atoms with van der Waals surface area (Å²) in [4.78, 5) is 18.6. The molecule has 24 heavy (non-hydrogen) atoms. The molecule has 7 heteroatoms. The van der Waals surface area contributed by atoms with Crippen molar-refractivity contribution >= 4 is 6.03 Å². The van der Waals surface area contributed by atoms with Crippen LogP contribution in [0.15, 0.2) is 24.8 Å². The molecule has 2 aromatic heterocycles. The van der Waals surface area contributed by atoms with Crippen molar-refractivity contribution in [2.75, 3.05) is 13.1 Å². The summed E-state index contributed by atoms with van der Waals surface area (Å²) >= 11 is 0. The fourth-order valence-corrected chi connectivity index (χ4v) is 3.20. The maximum absolute atomic E-state index is 12.4. The zero-order chi connectivity index (χ0) is 17.1. The summed E-state index contributed by atoms with van der Waals surface area (Å²) in [6.45, 7) is 7.25. The van der Waals surface area contributed by atoms with E-state index in [0.717, 1.165) is 31.9 Å². The van der Waals surface area contributed by atoms with Crippen molar-refractivity contribution in [3.05, 3.63) is 36.2 Å². The molecule has 0 spiro atoms. The van der Waals surface area contributed by atoms with E-state index in [1.807, 2.05) is 35.2 Å². The monoisotopic (exact) mass is 330 g/mol. The second-order valence-corrected chi connectivity index (χ2v) is 6.93. The van der Waals surface area contributed by atoms with Gasteiger partial charge in [0.25, 0.3) is 0 Å². The lowest BCUT2D eigenvalue weighted by Gasteiger charge is -2.17. The molecule has 1 unspecified atom stereocenters. The summed E-state index contributed by atoms with van der Waals surface area (Å²) in [5.74, 6) is 1.83. The van der Waals surface area contributed by atoms with Crippen LogP contribution >= 0.6 is 0 Å². The minimum absolute atomic E-state index is 0.0134. The second kappa shape index (κ2) is 7.07. The first kappa shape index (κ1) is 16.5. The first-order valence-corrected chi connectivity index (χ1v) is 8.54. The number of likely N-dealkylation sites (tertiary alicyclic amines) is 1. The van der Waals surface area contributed by atoms with Gasteiger partial charge < -0.3 is 14.8 Å². The van der Waals surface area contributed by atoms with E-state index in [-0.39, 0.29) is 6.03 Å². The third-order valence-electron chi connectivity index (χ3n) is 4.43. The Bertz CT molecular complexity index is 689. The predicted molar refractivity (Wildman–Crippen MR) is 91.4 cm³/mol. The molecule has 2 amide bonds. The quantitative estimate of drug-likeness (QED) is 0.911. The van der Waals surface area contributed by atoms with Gasteiger partial charge in [0.15, 0.2) is 0 Å². The summed E-state index contributed by atoms with van der Waals surface area (Å²) < 4.78 is 3.92. The molecule has 130 valence electrons. The number of carbonyl (C=O) groups is 1. The smallest absolute Gasteiger partial charge is 0.317 e. The van der Waals surface area contributed by atoms with E-state index in [9.17, 15) is 4.79 Å². The van der Waals surface area contributed by atoms with Crippen molar-refractivity contribution in [2.24, 2.45) is 13.0 Å². The van der Waals surface area contributed by atoms with Crippen molar-refractivity contribution in [1.29, 1.82) is 0 Å². The van der Waals surface area contributed by atoms with Crippen LogP contribution in [0.3, 0.4) is 0 Å². The van der Waals surface area contributed by atoms with Gasteiger partial charge in [0, 0.05) is 51.2 Å². The van der Waals surface area contributed by atoms with Gasteiger partial charge in [-0.05, 0) is 17.9 Å². The molecule has 0 bridgehead atoms. The average Bonchev–Trinajstić information content (AvgIpc) is 3.24. The molecule has 1 atom stereocenters. The van der Waals surface area contributed by atoms with Gasteiger partial charge in [0.2, 0.25) is 0 Å². The molecule has 0 aliphatic carbocycles. The van der Waals surface area contributed by atoms with Gasteiger partial charge in [-0.3, -0.25) is 4.68 Å². The van der Waals surface area contributed by atoms with E-state index in [2.05, 4.69) is 33.8 Å². The lowest BCUT2D eigenvalue weighted by Crippen LogP contribution is -2.38. The minimum Gasteiger partial charge on any atom is -0.333 e. The number of nitrogens with one attached hydrogen (secondary N) is 1. The van der Waals surface area contributed by atoms with E-state index in [4.69, 9.17) is 0 Å². The molecule has 3 rings (SSSR count). The number of hydrogen-bond donors (Lipinski definition) is 1. The molecule has 1 N–H and O–H groups in total. The number of aromatic nitrogens is 4. The zero-order valence-electron chi connectivity index (χ0n) is 14.6. The number of urea groups is 1. The van der Waals surface area contributed by atoms with Crippen molar-refractivity contribution < 1.29 is 4.79 Å². The van der Waals surface area contributed by atoms with Gasteiger partial charge in [-0.1, -0.05) is 13.8 Å². The Hall–Kier alpha value is -2.31. The fraction of sp³-hybridized carbons (Fsp3) is 0.588. The van der Waals surface area contributed by atoms with Gasteiger partial charge >= 0.3 is 6.03 Å². The van der Waals surface area contributed by atoms with Gasteiger partial charge in [-0.15, -0.1) is 0 Å². The molecular weight excluding hydrogens is 304 g/mol. The molecule has 0 radical (unpaired) electrons. The van der Waals surface area contributed by atoms with Gasteiger partial charge in [-0.25, -0.2) is 9.78 Å². The van der Waals surface area contributed by atoms with Crippen LogP contribution in [0.5, 0.6) is 0 Å². The van der Waals surface area contributed by atoms with Crippen LogP contribution in [0.4, 0.5) is 4.79 Å². The number of nitrogens with zero attached hydrogens (tertiary/aromatic N) is 5. The molecule has 1 aliphatic rings. The zero-order valence-corrected chi connectivity index (χ0v) is 14.6. The van der Waals surface area contributed by atoms with Crippen LogP contribution in [0, 0.1) is 5.92 Å². The van der Waals surface area contributed by atoms with Gasteiger partial charge in [0.05, 0.1) is 12.7 Å². The molecule has 3 heterocycles. The third-order valence-corrected chi connectivity index (χ3v) is 4.43. The van der Waals surface area contributed by atoms with E-state index >= 15 is 0 Å². The number of rotatable bonds is 5.